The summed E-state index contributed by atoms with van der Waals surface area (Å²) >= 11 is 5.98. The van der Waals surface area contributed by atoms with E-state index in [0.29, 0.717) is 5.75 Å². The molecule has 3 rings (SSSR count). The molecule has 1 aliphatic rings. The predicted octanol–water partition coefficient (Wildman–Crippen LogP) is 2.04. The van der Waals surface area contributed by atoms with Crippen molar-refractivity contribution in [2.24, 2.45) is 0 Å². The van der Waals surface area contributed by atoms with Gasteiger partial charge in [-0.15, -0.1) is 0 Å². The van der Waals surface area contributed by atoms with Gasteiger partial charge in [0.1, 0.15) is 5.75 Å². The van der Waals surface area contributed by atoms with Crippen LogP contribution < -0.4 is 9.46 Å². The predicted molar refractivity (Wildman–Crippen MR) is 82.6 cm³/mol. The van der Waals surface area contributed by atoms with Crippen molar-refractivity contribution in [1.82, 2.24) is 14.9 Å². The average molecular weight is 342 g/mol. The van der Waals surface area contributed by atoms with E-state index in [1.54, 1.807) is 0 Å². The minimum atomic E-state index is -3.65. The minimum absolute atomic E-state index is 0.102. The summed E-state index contributed by atoms with van der Waals surface area (Å²) in [5.41, 5.74) is 3.01. The van der Waals surface area contributed by atoms with Gasteiger partial charge in [0.05, 0.1) is 29.3 Å². The molecule has 0 fully saturated rings. The number of hydrogen-bond acceptors (Lipinski definition) is 4. The van der Waals surface area contributed by atoms with Crippen molar-refractivity contribution < 1.29 is 13.2 Å². The maximum absolute atomic E-state index is 12.3. The highest BCUT2D eigenvalue weighted by Crippen LogP contribution is 2.27. The van der Waals surface area contributed by atoms with Crippen molar-refractivity contribution in [3.8, 4) is 5.75 Å². The van der Waals surface area contributed by atoms with Gasteiger partial charge in [-0.3, -0.25) is 5.10 Å². The molecular weight excluding hydrogens is 326 g/mol. The largest absolute Gasteiger partial charge is 0.495 e. The van der Waals surface area contributed by atoms with Gasteiger partial charge in [0.25, 0.3) is 0 Å². The summed E-state index contributed by atoms with van der Waals surface area (Å²) in [6.07, 6.45) is 3.00. The van der Waals surface area contributed by atoms with Crippen LogP contribution in [0.5, 0.6) is 5.75 Å². The molecule has 0 atom stereocenters. The van der Waals surface area contributed by atoms with Gasteiger partial charge in [-0.2, -0.15) is 5.10 Å². The highest BCUT2D eigenvalue weighted by atomic mass is 35.5. The highest BCUT2D eigenvalue weighted by molar-refractivity contribution is 7.89. The molecule has 0 unspecified atom stereocenters. The SMILES string of the molecule is COc1ccc(S(=O)(=O)NCc2n[nH]c3c2CCC3)cc1Cl. The lowest BCUT2D eigenvalue weighted by Crippen LogP contribution is -2.24. The first-order valence-corrected chi connectivity index (χ1v) is 8.75. The monoisotopic (exact) mass is 341 g/mol. The Morgan fingerprint density at radius 1 is 1.41 bits per heavy atom. The quantitative estimate of drug-likeness (QED) is 0.871. The zero-order valence-electron chi connectivity index (χ0n) is 12.0. The van der Waals surface area contributed by atoms with E-state index in [1.807, 2.05) is 0 Å². The van der Waals surface area contributed by atoms with Crippen LogP contribution in [0.2, 0.25) is 5.02 Å². The first-order valence-electron chi connectivity index (χ1n) is 6.89. The molecule has 6 nitrogen and oxygen atoms in total. The van der Waals surface area contributed by atoms with Gasteiger partial charge in [-0.05, 0) is 43.0 Å². The lowest BCUT2D eigenvalue weighted by molar-refractivity contribution is 0.414. The molecule has 22 heavy (non-hydrogen) atoms. The molecule has 118 valence electrons. The van der Waals surface area contributed by atoms with Gasteiger partial charge in [0, 0.05) is 5.69 Å². The van der Waals surface area contributed by atoms with Crippen molar-refractivity contribution in [2.45, 2.75) is 30.7 Å². The van der Waals surface area contributed by atoms with E-state index in [4.69, 9.17) is 16.3 Å². The topological polar surface area (TPSA) is 84.1 Å². The van der Waals surface area contributed by atoms with Crippen LogP contribution >= 0.6 is 11.6 Å². The molecule has 0 saturated carbocycles. The van der Waals surface area contributed by atoms with Crippen LogP contribution in [0.25, 0.3) is 0 Å². The highest BCUT2D eigenvalue weighted by Gasteiger charge is 2.21. The Balaban J connectivity index is 1.77. The summed E-state index contributed by atoms with van der Waals surface area (Å²) in [5.74, 6) is 0.436. The van der Waals surface area contributed by atoms with Gasteiger partial charge in [-0.25, -0.2) is 13.1 Å². The van der Waals surface area contributed by atoms with Crippen molar-refractivity contribution in [1.29, 1.82) is 0 Å². The van der Waals surface area contributed by atoms with E-state index in [2.05, 4.69) is 14.9 Å². The molecule has 0 radical (unpaired) electrons. The molecule has 1 aromatic heterocycles. The zero-order chi connectivity index (χ0) is 15.7. The van der Waals surface area contributed by atoms with E-state index in [9.17, 15) is 8.42 Å². The maximum atomic E-state index is 12.3. The molecule has 1 heterocycles. The summed E-state index contributed by atoms with van der Waals surface area (Å²) < 4.78 is 32.2. The third-order valence-electron chi connectivity index (χ3n) is 3.76. The lowest BCUT2D eigenvalue weighted by Gasteiger charge is -2.08. The molecule has 0 amide bonds. The minimum Gasteiger partial charge on any atom is -0.495 e. The Labute approximate surface area is 133 Å². The number of nitrogens with zero attached hydrogens (tertiary/aromatic N) is 1. The second kappa shape index (κ2) is 5.91. The summed E-state index contributed by atoms with van der Waals surface area (Å²) in [6.45, 7) is 0.164. The Hall–Kier alpha value is -1.57. The number of aryl methyl sites for hydroxylation is 1. The first kappa shape index (κ1) is 15.3. The molecule has 0 bridgehead atoms. The summed E-state index contributed by atoms with van der Waals surface area (Å²) in [7, 11) is -2.17. The Morgan fingerprint density at radius 3 is 2.95 bits per heavy atom. The third kappa shape index (κ3) is 2.84. The Morgan fingerprint density at radius 2 is 2.23 bits per heavy atom. The Bertz CT molecular complexity index is 802. The number of halogens is 1. The second-order valence-corrected chi connectivity index (χ2v) is 7.28. The summed E-state index contributed by atoms with van der Waals surface area (Å²) in [6, 6.07) is 4.36. The number of benzene rings is 1. The molecule has 8 heteroatoms. The number of rotatable bonds is 5. The molecule has 0 saturated heterocycles. The van der Waals surface area contributed by atoms with Crippen molar-refractivity contribution >= 4 is 21.6 Å². The summed E-state index contributed by atoms with van der Waals surface area (Å²) in [4.78, 5) is 0.102. The number of fused-ring (bicyclic) bond motifs is 1. The van der Waals surface area contributed by atoms with E-state index in [0.717, 1.165) is 36.2 Å². The number of H-pyrrole nitrogens is 1. The molecule has 2 N–H and O–H groups in total. The molecule has 1 aliphatic carbocycles. The number of aromatic nitrogens is 2. The third-order valence-corrected chi connectivity index (χ3v) is 5.45. The van der Waals surface area contributed by atoms with Crippen LogP contribution in [0.1, 0.15) is 23.4 Å². The lowest BCUT2D eigenvalue weighted by atomic mass is 10.2. The number of aromatic amines is 1. The van der Waals surface area contributed by atoms with Gasteiger partial charge in [-0.1, -0.05) is 11.6 Å². The number of ether oxygens (including phenoxy) is 1. The average Bonchev–Trinajstić information content (AvgIpc) is 3.08. The maximum Gasteiger partial charge on any atom is 0.240 e. The molecule has 2 aromatic rings. The first-order chi connectivity index (χ1) is 10.5. The van der Waals surface area contributed by atoms with E-state index >= 15 is 0 Å². The fourth-order valence-corrected chi connectivity index (χ4v) is 3.93. The number of hydrogen-bond donors (Lipinski definition) is 2. The smallest absolute Gasteiger partial charge is 0.240 e. The molecule has 0 aliphatic heterocycles. The molecular formula is C14H16ClN3O3S. The van der Waals surface area contributed by atoms with E-state index in [-0.39, 0.29) is 16.5 Å². The Kier molecular flexibility index (Phi) is 4.12. The van der Waals surface area contributed by atoms with E-state index < -0.39 is 10.0 Å². The van der Waals surface area contributed by atoms with Crippen LogP contribution in [0.15, 0.2) is 23.1 Å². The van der Waals surface area contributed by atoms with Crippen LogP contribution in [0.3, 0.4) is 0 Å². The van der Waals surface area contributed by atoms with Crippen LogP contribution in [-0.4, -0.2) is 25.7 Å². The standard InChI is InChI=1S/C14H16ClN3O3S/c1-21-14-6-5-9(7-11(14)15)22(19,20)16-8-13-10-3-2-4-12(10)17-18-13/h5-7,16H,2-4,8H2,1H3,(H,17,18). The van der Waals surface area contributed by atoms with Crippen LogP contribution in [-0.2, 0) is 29.4 Å². The van der Waals surface area contributed by atoms with E-state index in [1.165, 1.54) is 25.3 Å². The second-order valence-electron chi connectivity index (χ2n) is 5.10. The van der Waals surface area contributed by atoms with Gasteiger partial charge in [0.2, 0.25) is 10.0 Å². The molecule has 1 aromatic carbocycles. The zero-order valence-corrected chi connectivity index (χ0v) is 13.6. The fraction of sp³-hybridized carbons (Fsp3) is 0.357. The van der Waals surface area contributed by atoms with Gasteiger partial charge in [0.15, 0.2) is 0 Å². The van der Waals surface area contributed by atoms with Crippen molar-refractivity contribution in [2.75, 3.05) is 7.11 Å². The van der Waals surface area contributed by atoms with Crippen molar-refractivity contribution in [3.63, 3.8) is 0 Å². The number of methoxy groups -OCH3 is 1. The van der Waals surface area contributed by atoms with Gasteiger partial charge < -0.3 is 4.74 Å². The normalized spacial score (nSPS) is 14.1. The van der Waals surface area contributed by atoms with Crippen molar-refractivity contribution in [3.05, 3.63) is 40.2 Å². The van der Waals surface area contributed by atoms with Crippen LogP contribution in [0.4, 0.5) is 0 Å². The molecule has 0 spiro atoms. The number of sulfonamides is 1. The fourth-order valence-electron chi connectivity index (χ4n) is 2.60. The summed E-state index contributed by atoms with van der Waals surface area (Å²) in [5, 5.41) is 7.40. The number of nitrogens with one attached hydrogen (secondary N) is 2. The van der Waals surface area contributed by atoms with Crippen LogP contribution in [0, 0.1) is 0 Å². The van der Waals surface area contributed by atoms with Gasteiger partial charge >= 0.3 is 0 Å².